The van der Waals surface area contributed by atoms with Gasteiger partial charge in [0, 0.05) is 30.2 Å². The van der Waals surface area contributed by atoms with Crippen molar-refractivity contribution in [2.24, 2.45) is 0 Å². The highest BCUT2D eigenvalue weighted by Crippen LogP contribution is 2.29. The molecular weight excluding hydrogens is 302 g/mol. The van der Waals surface area contributed by atoms with Gasteiger partial charge in [-0.25, -0.2) is 9.97 Å². The smallest absolute Gasteiger partial charge is 0.263 e. The Hall–Kier alpha value is -2.32. The van der Waals surface area contributed by atoms with E-state index in [9.17, 15) is 0 Å². The van der Waals surface area contributed by atoms with E-state index in [1.807, 2.05) is 16.8 Å². The molecule has 4 heterocycles. The van der Waals surface area contributed by atoms with Crippen molar-refractivity contribution in [1.29, 1.82) is 0 Å². The van der Waals surface area contributed by atoms with Crippen molar-refractivity contribution >= 4 is 17.2 Å². The molecule has 0 spiro atoms. The van der Waals surface area contributed by atoms with Crippen molar-refractivity contribution in [1.82, 2.24) is 20.1 Å². The van der Waals surface area contributed by atoms with E-state index in [1.165, 1.54) is 6.33 Å². The maximum atomic E-state index is 5.41. The molecule has 7 nitrogen and oxygen atoms in total. The topological polar surface area (TPSA) is 77.2 Å². The number of anilines is 1. The van der Waals surface area contributed by atoms with Crippen molar-refractivity contribution in [3.8, 4) is 22.8 Å². The number of hydrogen-bond donors (Lipinski definition) is 0. The van der Waals surface area contributed by atoms with E-state index in [1.54, 1.807) is 17.5 Å². The third-order valence-corrected chi connectivity index (χ3v) is 4.12. The van der Waals surface area contributed by atoms with E-state index in [4.69, 9.17) is 9.26 Å². The number of aromatic nitrogens is 4. The van der Waals surface area contributed by atoms with Crippen LogP contribution in [0.3, 0.4) is 0 Å². The molecule has 0 aromatic carbocycles. The number of nitrogens with zero attached hydrogens (tertiary/aromatic N) is 5. The van der Waals surface area contributed by atoms with E-state index in [-0.39, 0.29) is 0 Å². The Morgan fingerprint density at radius 3 is 2.95 bits per heavy atom. The summed E-state index contributed by atoms with van der Waals surface area (Å²) in [6, 6.07) is 1.96. The summed E-state index contributed by atoms with van der Waals surface area (Å²) in [4.78, 5) is 15.1. The Morgan fingerprint density at radius 2 is 2.14 bits per heavy atom. The van der Waals surface area contributed by atoms with Crippen LogP contribution in [0.5, 0.6) is 0 Å². The zero-order valence-corrected chi connectivity index (χ0v) is 12.5. The van der Waals surface area contributed by atoms with Gasteiger partial charge in [-0.15, -0.1) is 0 Å². The molecule has 1 aliphatic rings. The highest BCUT2D eigenvalue weighted by Gasteiger charge is 2.21. The van der Waals surface area contributed by atoms with E-state index in [0.717, 1.165) is 30.0 Å². The van der Waals surface area contributed by atoms with Gasteiger partial charge in [0.15, 0.2) is 0 Å². The lowest BCUT2D eigenvalue weighted by Gasteiger charge is -2.28. The van der Waals surface area contributed by atoms with Gasteiger partial charge in [-0.2, -0.15) is 16.3 Å². The normalized spacial score (nSPS) is 15.2. The van der Waals surface area contributed by atoms with Gasteiger partial charge >= 0.3 is 0 Å². The van der Waals surface area contributed by atoms with Crippen LogP contribution in [-0.2, 0) is 4.74 Å². The van der Waals surface area contributed by atoms with Gasteiger partial charge in [0.2, 0.25) is 5.82 Å². The molecule has 0 atom stereocenters. The lowest BCUT2D eigenvalue weighted by molar-refractivity contribution is 0.122. The molecule has 3 aromatic heterocycles. The van der Waals surface area contributed by atoms with Gasteiger partial charge < -0.3 is 14.2 Å². The van der Waals surface area contributed by atoms with Crippen LogP contribution in [0.1, 0.15) is 0 Å². The molecule has 3 aromatic rings. The molecule has 0 aliphatic carbocycles. The van der Waals surface area contributed by atoms with Crippen molar-refractivity contribution < 1.29 is 9.26 Å². The molecule has 0 N–H and O–H groups in total. The fourth-order valence-electron chi connectivity index (χ4n) is 2.34. The van der Waals surface area contributed by atoms with E-state index >= 15 is 0 Å². The Labute approximate surface area is 130 Å². The SMILES string of the molecule is c1ncc(-c2nc(-c3ccsc3)no2)c(N2CCOCC2)n1. The number of hydrogen-bond acceptors (Lipinski definition) is 8. The summed E-state index contributed by atoms with van der Waals surface area (Å²) in [6.07, 6.45) is 3.24. The fourth-order valence-corrected chi connectivity index (χ4v) is 2.98. The zero-order chi connectivity index (χ0) is 14.8. The Kier molecular flexibility index (Phi) is 3.53. The fraction of sp³-hybridized carbons (Fsp3) is 0.286. The third kappa shape index (κ3) is 2.46. The summed E-state index contributed by atoms with van der Waals surface area (Å²) in [7, 11) is 0. The monoisotopic (exact) mass is 315 g/mol. The van der Waals surface area contributed by atoms with Crippen LogP contribution >= 0.6 is 11.3 Å². The van der Waals surface area contributed by atoms with Crippen molar-refractivity contribution in [3.63, 3.8) is 0 Å². The first-order chi connectivity index (χ1) is 10.9. The lowest BCUT2D eigenvalue weighted by Crippen LogP contribution is -2.37. The Balaban J connectivity index is 1.70. The summed E-state index contributed by atoms with van der Waals surface area (Å²) in [5, 5.41) is 8.01. The van der Waals surface area contributed by atoms with Crippen LogP contribution in [0.2, 0.25) is 0 Å². The molecule has 22 heavy (non-hydrogen) atoms. The molecule has 1 fully saturated rings. The first kappa shape index (κ1) is 13.4. The second-order valence-electron chi connectivity index (χ2n) is 4.79. The summed E-state index contributed by atoms with van der Waals surface area (Å²) in [5.41, 5.74) is 1.70. The van der Waals surface area contributed by atoms with Gasteiger partial charge in [-0.3, -0.25) is 0 Å². The summed E-state index contributed by atoms with van der Waals surface area (Å²) < 4.78 is 10.8. The summed E-state index contributed by atoms with van der Waals surface area (Å²) in [5.74, 6) is 1.81. The molecule has 8 heteroatoms. The van der Waals surface area contributed by atoms with Crippen LogP contribution in [0.4, 0.5) is 5.82 Å². The molecule has 0 radical (unpaired) electrons. The quantitative estimate of drug-likeness (QED) is 0.732. The largest absolute Gasteiger partial charge is 0.378 e. The highest BCUT2D eigenvalue weighted by atomic mass is 32.1. The van der Waals surface area contributed by atoms with Gasteiger partial charge in [0.1, 0.15) is 17.7 Å². The van der Waals surface area contributed by atoms with Crippen molar-refractivity contribution in [2.45, 2.75) is 0 Å². The maximum absolute atomic E-state index is 5.41. The third-order valence-electron chi connectivity index (χ3n) is 3.44. The van der Waals surface area contributed by atoms with Gasteiger partial charge in [-0.05, 0) is 11.4 Å². The Morgan fingerprint density at radius 1 is 1.23 bits per heavy atom. The van der Waals surface area contributed by atoms with E-state index in [0.29, 0.717) is 24.9 Å². The summed E-state index contributed by atoms with van der Waals surface area (Å²) >= 11 is 1.60. The predicted molar refractivity (Wildman–Crippen MR) is 81.7 cm³/mol. The molecule has 4 rings (SSSR count). The molecular formula is C14H13N5O2S. The van der Waals surface area contributed by atoms with Crippen molar-refractivity contribution in [3.05, 3.63) is 29.4 Å². The molecule has 0 unspecified atom stereocenters. The van der Waals surface area contributed by atoms with Gasteiger partial charge in [0.05, 0.1) is 13.2 Å². The highest BCUT2D eigenvalue weighted by molar-refractivity contribution is 7.08. The van der Waals surface area contributed by atoms with Crippen LogP contribution < -0.4 is 4.90 Å². The second kappa shape index (κ2) is 5.82. The predicted octanol–water partition coefficient (Wildman–Crippen LogP) is 2.09. The average Bonchev–Trinajstić information content (AvgIpc) is 3.27. The molecule has 0 bridgehead atoms. The molecule has 0 saturated carbocycles. The van der Waals surface area contributed by atoms with Crippen LogP contribution in [-0.4, -0.2) is 46.4 Å². The minimum absolute atomic E-state index is 0.434. The average molecular weight is 315 g/mol. The van der Waals surface area contributed by atoms with E-state index in [2.05, 4.69) is 25.0 Å². The second-order valence-corrected chi connectivity index (χ2v) is 5.57. The lowest BCUT2D eigenvalue weighted by atomic mass is 10.2. The molecule has 1 aliphatic heterocycles. The molecule has 112 valence electrons. The standard InChI is InChI=1S/C14H13N5O2S/c1-6-22-8-10(1)12-17-14(21-18-12)11-7-15-9-16-13(11)19-2-4-20-5-3-19/h1,6-9H,2-5H2. The molecule has 0 amide bonds. The number of morpholine rings is 1. The molecule has 1 saturated heterocycles. The maximum Gasteiger partial charge on any atom is 0.263 e. The minimum Gasteiger partial charge on any atom is -0.378 e. The number of rotatable bonds is 3. The van der Waals surface area contributed by atoms with Gasteiger partial charge in [0.25, 0.3) is 5.89 Å². The zero-order valence-electron chi connectivity index (χ0n) is 11.7. The minimum atomic E-state index is 0.434. The first-order valence-electron chi connectivity index (χ1n) is 6.91. The van der Waals surface area contributed by atoms with Crippen LogP contribution in [0.15, 0.2) is 33.9 Å². The van der Waals surface area contributed by atoms with E-state index < -0.39 is 0 Å². The first-order valence-corrected chi connectivity index (χ1v) is 7.85. The Bertz CT molecular complexity index is 752. The summed E-state index contributed by atoms with van der Waals surface area (Å²) in [6.45, 7) is 2.95. The van der Waals surface area contributed by atoms with Crippen LogP contribution in [0.25, 0.3) is 22.8 Å². The van der Waals surface area contributed by atoms with Crippen molar-refractivity contribution in [2.75, 3.05) is 31.2 Å². The van der Waals surface area contributed by atoms with Gasteiger partial charge in [-0.1, -0.05) is 5.16 Å². The van der Waals surface area contributed by atoms with Crippen LogP contribution in [0, 0.1) is 0 Å². The number of ether oxygens (including phenoxy) is 1. The number of thiophene rings is 1.